The predicted octanol–water partition coefficient (Wildman–Crippen LogP) is 6.45. The molecular formula is C47H57ClN9O7PS. The molecule has 8 rings (SSSR count). The molecule has 66 heavy (non-hydrogen) atoms. The second-order valence-electron chi connectivity index (χ2n) is 17.3. The van der Waals surface area contributed by atoms with Gasteiger partial charge in [0.25, 0.3) is 11.8 Å². The zero-order valence-corrected chi connectivity index (χ0v) is 40.1. The van der Waals surface area contributed by atoms with Crippen molar-refractivity contribution < 1.29 is 33.2 Å². The van der Waals surface area contributed by atoms with Crippen LogP contribution in [0.3, 0.4) is 0 Å². The lowest BCUT2D eigenvalue weighted by Crippen LogP contribution is -2.54. The standard InChI is InChI=1S/C47H57ClN9O7PS/c1-63-38-29-32(13-14-35(38)51-47-49-30-34(48)43(53-47)50-36-10-4-5-11-39(36)65(2,3)62)55-20-17-31(18-21-55)56-24-22-54(23-25-56)19-7-26-64-27-8-28-66-40-12-6-9-33-42(40)46(61)57(45(33)60)37-15-16-41(58)52-44(37)59/h4-6,9-14,29-31,37H,7-8,15-28H2,1-3H3,(H,52,58,59)(H2,49,50,51,53). The summed E-state index contributed by atoms with van der Waals surface area (Å²) in [5, 5.41) is 9.84. The van der Waals surface area contributed by atoms with Gasteiger partial charge in [0.15, 0.2) is 5.82 Å². The molecule has 4 aliphatic rings. The number of nitrogens with one attached hydrogen (secondary N) is 3. The fourth-order valence-electron chi connectivity index (χ4n) is 9.07. The van der Waals surface area contributed by atoms with Crippen LogP contribution in [0.1, 0.15) is 59.2 Å². The topological polar surface area (TPSA) is 179 Å². The van der Waals surface area contributed by atoms with Crippen LogP contribution in [0.2, 0.25) is 5.02 Å². The Morgan fingerprint density at radius 3 is 2.41 bits per heavy atom. The van der Waals surface area contributed by atoms with Gasteiger partial charge in [0.1, 0.15) is 24.0 Å². The Kier molecular flexibility index (Phi) is 15.3. The number of anilines is 5. The maximum atomic E-state index is 13.4. The van der Waals surface area contributed by atoms with Crippen LogP contribution < -0.4 is 30.9 Å². The fraction of sp³-hybridized carbons (Fsp3) is 0.447. The summed E-state index contributed by atoms with van der Waals surface area (Å²) in [5.41, 5.74) is 3.16. The van der Waals surface area contributed by atoms with Crippen LogP contribution in [0.4, 0.5) is 28.8 Å². The lowest BCUT2D eigenvalue weighted by atomic mass is 10.0. The summed E-state index contributed by atoms with van der Waals surface area (Å²) in [5.74, 6) is 0.178. The average molecular weight is 959 g/mol. The van der Waals surface area contributed by atoms with Crippen molar-refractivity contribution in [2.45, 2.75) is 55.5 Å². The second-order valence-corrected chi connectivity index (χ2v) is 22.0. The number of aromatic nitrogens is 2. The van der Waals surface area contributed by atoms with Gasteiger partial charge in [-0.25, -0.2) is 4.98 Å². The number of amides is 4. The van der Waals surface area contributed by atoms with Crippen LogP contribution in [0, 0.1) is 0 Å². The third kappa shape index (κ3) is 11.0. The number of piperazine rings is 1. The second kappa shape index (κ2) is 21.3. The number of imide groups is 2. The molecule has 3 saturated heterocycles. The minimum Gasteiger partial charge on any atom is -0.494 e. The van der Waals surface area contributed by atoms with Crippen LogP contribution in [0.25, 0.3) is 0 Å². The quantitative estimate of drug-likeness (QED) is 0.0429. The van der Waals surface area contributed by atoms with Crippen LogP contribution in [-0.4, -0.2) is 146 Å². The Hall–Kier alpha value is -5.03. The molecule has 3 fully saturated rings. The predicted molar refractivity (Wildman–Crippen MR) is 259 cm³/mol. The van der Waals surface area contributed by atoms with Gasteiger partial charge in [0.2, 0.25) is 17.8 Å². The molecule has 0 spiro atoms. The highest BCUT2D eigenvalue weighted by atomic mass is 35.5. The van der Waals surface area contributed by atoms with E-state index >= 15 is 0 Å². The first kappa shape index (κ1) is 47.5. The molecule has 19 heteroatoms. The van der Waals surface area contributed by atoms with Gasteiger partial charge in [-0.1, -0.05) is 29.8 Å². The van der Waals surface area contributed by atoms with Gasteiger partial charge >= 0.3 is 0 Å². The number of halogens is 1. The molecule has 0 aliphatic carbocycles. The van der Waals surface area contributed by atoms with Crippen molar-refractivity contribution in [2.75, 3.05) is 101 Å². The van der Waals surface area contributed by atoms with Gasteiger partial charge in [-0.05, 0) is 81.8 Å². The van der Waals surface area contributed by atoms with E-state index in [-0.39, 0.29) is 12.8 Å². The molecule has 1 unspecified atom stereocenters. The Morgan fingerprint density at radius 2 is 1.65 bits per heavy atom. The van der Waals surface area contributed by atoms with Gasteiger partial charge < -0.3 is 34.5 Å². The Labute approximate surface area is 394 Å². The van der Waals surface area contributed by atoms with Crippen molar-refractivity contribution in [3.8, 4) is 5.75 Å². The number of carbonyl (C=O) groups is 4. The highest BCUT2D eigenvalue weighted by molar-refractivity contribution is 7.99. The summed E-state index contributed by atoms with van der Waals surface area (Å²) < 4.78 is 24.7. The fourth-order valence-corrected chi connectivity index (χ4v) is 11.4. The zero-order valence-electron chi connectivity index (χ0n) is 37.6. The van der Waals surface area contributed by atoms with Crippen molar-refractivity contribution in [3.05, 3.63) is 83.0 Å². The number of rotatable bonds is 18. The number of para-hydroxylation sites is 1. The molecule has 4 aromatic rings. The number of carbonyl (C=O) groups excluding carboxylic acids is 4. The molecule has 1 atom stereocenters. The van der Waals surface area contributed by atoms with E-state index < -0.39 is 36.8 Å². The van der Waals surface area contributed by atoms with E-state index in [1.165, 1.54) is 18.0 Å². The number of hydrogen-bond donors (Lipinski definition) is 3. The normalized spacial score (nSPS) is 18.7. The monoisotopic (exact) mass is 957 g/mol. The molecule has 4 amide bonds. The maximum Gasteiger partial charge on any atom is 0.263 e. The number of ether oxygens (including phenoxy) is 2. The number of hydrogen-bond acceptors (Lipinski definition) is 15. The average Bonchev–Trinajstić information content (AvgIpc) is 3.57. The van der Waals surface area contributed by atoms with Gasteiger partial charge in [-0.3, -0.25) is 34.3 Å². The molecule has 5 heterocycles. The molecule has 3 aromatic carbocycles. The van der Waals surface area contributed by atoms with Crippen molar-refractivity contribution in [3.63, 3.8) is 0 Å². The van der Waals surface area contributed by atoms with E-state index in [2.05, 4.69) is 52.8 Å². The van der Waals surface area contributed by atoms with E-state index in [9.17, 15) is 23.7 Å². The maximum absolute atomic E-state index is 13.4. The van der Waals surface area contributed by atoms with Gasteiger partial charge in [-0.2, -0.15) is 4.98 Å². The number of nitrogens with zero attached hydrogens (tertiary/aromatic N) is 6. The molecule has 1 aromatic heterocycles. The summed E-state index contributed by atoms with van der Waals surface area (Å²) in [6.45, 7) is 11.9. The van der Waals surface area contributed by atoms with E-state index in [0.717, 1.165) is 98.8 Å². The first-order valence-electron chi connectivity index (χ1n) is 22.5. The molecule has 0 bridgehead atoms. The number of thioether (sulfide) groups is 1. The highest BCUT2D eigenvalue weighted by Gasteiger charge is 2.45. The van der Waals surface area contributed by atoms with Crippen LogP contribution in [0.15, 0.2) is 71.8 Å². The van der Waals surface area contributed by atoms with Gasteiger partial charge in [0.05, 0.1) is 35.8 Å². The van der Waals surface area contributed by atoms with E-state index in [4.69, 9.17) is 21.1 Å². The van der Waals surface area contributed by atoms with Gasteiger partial charge in [-0.15, -0.1) is 11.8 Å². The van der Waals surface area contributed by atoms with E-state index in [0.29, 0.717) is 63.5 Å². The molecule has 16 nitrogen and oxygen atoms in total. The van der Waals surface area contributed by atoms with Crippen LogP contribution in [0.5, 0.6) is 5.75 Å². The van der Waals surface area contributed by atoms with E-state index in [1.54, 1.807) is 32.6 Å². The summed E-state index contributed by atoms with van der Waals surface area (Å²) >= 11 is 8.00. The summed E-state index contributed by atoms with van der Waals surface area (Å²) in [6, 6.07) is 18.4. The van der Waals surface area contributed by atoms with E-state index in [1.807, 2.05) is 36.4 Å². The molecule has 0 saturated carbocycles. The first-order valence-corrected chi connectivity index (χ1v) is 26.5. The SMILES string of the molecule is COc1cc(N2CCC(N3CCN(CCCOCCCSc4cccc5c4C(=O)N(C4CCC(=O)NC4=O)C5=O)CC3)CC2)ccc1Nc1ncc(Cl)c(Nc2ccccc2P(C)(C)=O)n1. The highest BCUT2D eigenvalue weighted by Crippen LogP contribution is 2.40. The molecule has 4 aliphatic heterocycles. The molecule has 0 radical (unpaired) electrons. The van der Waals surface area contributed by atoms with Crippen LogP contribution in [-0.2, 0) is 18.9 Å². The lowest BCUT2D eigenvalue weighted by Gasteiger charge is -2.43. The summed E-state index contributed by atoms with van der Waals surface area (Å²) in [6.07, 6.45) is 5.71. The van der Waals surface area contributed by atoms with Crippen molar-refractivity contribution in [1.29, 1.82) is 0 Å². The third-order valence-corrected chi connectivity index (χ3v) is 15.5. The lowest BCUT2D eigenvalue weighted by molar-refractivity contribution is -0.136. The summed E-state index contributed by atoms with van der Waals surface area (Å²) in [4.78, 5) is 68.9. The summed E-state index contributed by atoms with van der Waals surface area (Å²) in [7, 11) is -0.895. The van der Waals surface area contributed by atoms with Crippen LogP contribution >= 0.6 is 30.5 Å². The minimum atomic E-state index is -2.55. The number of methoxy groups -OCH3 is 1. The van der Waals surface area contributed by atoms with Gasteiger partial charge in [0, 0.05) is 99.2 Å². The molecular weight excluding hydrogens is 901 g/mol. The van der Waals surface area contributed by atoms with Crippen molar-refractivity contribution in [1.82, 2.24) is 30.0 Å². The minimum absolute atomic E-state index is 0.0907. The first-order chi connectivity index (χ1) is 31.9. The number of benzene rings is 3. The largest absolute Gasteiger partial charge is 0.494 e. The van der Waals surface area contributed by atoms with Crippen molar-refractivity contribution in [2.24, 2.45) is 0 Å². The Bertz CT molecular complexity index is 2500. The number of fused-ring (bicyclic) bond motifs is 1. The number of piperidine rings is 2. The molecule has 350 valence electrons. The smallest absolute Gasteiger partial charge is 0.263 e. The zero-order chi connectivity index (χ0) is 46.4. The Balaban J connectivity index is 0.722. The van der Waals surface area contributed by atoms with Crippen molar-refractivity contribution >= 4 is 88.3 Å². The third-order valence-electron chi connectivity index (χ3n) is 12.5. The Morgan fingerprint density at radius 1 is 0.879 bits per heavy atom. The molecule has 3 N–H and O–H groups in total.